The lowest BCUT2D eigenvalue weighted by atomic mass is 10.1. The molecule has 2 heterocycles. The summed E-state index contributed by atoms with van der Waals surface area (Å²) < 4.78 is 32.3. The average molecular weight is 306 g/mol. The van der Waals surface area contributed by atoms with Crippen molar-refractivity contribution in [2.24, 2.45) is 0 Å². The van der Waals surface area contributed by atoms with Crippen molar-refractivity contribution in [2.45, 2.75) is 45.2 Å². The van der Waals surface area contributed by atoms with Gasteiger partial charge in [0.15, 0.2) is 5.76 Å². The maximum absolute atomic E-state index is 13.8. The summed E-state index contributed by atoms with van der Waals surface area (Å²) in [5.41, 5.74) is 1.45. The second kappa shape index (κ2) is 6.16. The van der Waals surface area contributed by atoms with Crippen molar-refractivity contribution >= 4 is 0 Å². The van der Waals surface area contributed by atoms with E-state index in [0.29, 0.717) is 18.0 Å². The van der Waals surface area contributed by atoms with Gasteiger partial charge in [-0.1, -0.05) is 25.1 Å². The number of halogens is 2. The normalized spacial score (nSPS) is 19.2. The first-order chi connectivity index (χ1) is 10.5. The van der Waals surface area contributed by atoms with Crippen molar-refractivity contribution in [3.8, 4) is 0 Å². The van der Waals surface area contributed by atoms with Crippen LogP contribution in [0.5, 0.6) is 0 Å². The first kappa shape index (κ1) is 15.2. The highest BCUT2D eigenvalue weighted by atomic mass is 19.1. The maximum Gasteiger partial charge on any atom is 0.154 e. The van der Waals surface area contributed by atoms with Crippen LogP contribution in [0, 0.1) is 11.6 Å². The van der Waals surface area contributed by atoms with Crippen molar-refractivity contribution in [1.29, 1.82) is 0 Å². The van der Waals surface area contributed by atoms with Crippen LogP contribution in [0.1, 0.15) is 55.7 Å². The molecule has 0 N–H and O–H groups in total. The van der Waals surface area contributed by atoms with Crippen molar-refractivity contribution < 1.29 is 13.3 Å². The fourth-order valence-electron chi connectivity index (χ4n) is 2.94. The molecule has 1 atom stereocenters. The first-order valence-electron chi connectivity index (χ1n) is 7.69. The quantitative estimate of drug-likeness (QED) is 0.837. The van der Waals surface area contributed by atoms with E-state index < -0.39 is 11.6 Å². The third-order valence-electron chi connectivity index (χ3n) is 4.22. The molecule has 0 amide bonds. The largest absolute Gasteiger partial charge is 0.359 e. The van der Waals surface area contributed by atoms with Gasteiger partial charge in [-0.25, -0.2) is 8.78 Å². The molecule has 2 aromatic rings. The first-order valence-corrected chi connectivity index (χ1v) is 7.69. The van der Waals surface area contributed by atoms with E-state index in [0.717, 1.165) is 36.9 Å². The molecular formula is C17H20F2N2O. The molecule has 1 aliphatic rings. The van der Waals surface area contributed by atoms with Crippen LogP contribution < -0.4 is 0 Å². The maximum atomic E-state index is 13.8. The summed E-state index contributed by atoms with van der Waals surface area (Å²) in [6, 6.07) is 5.86. The van der Waals surface area contributed by atoms with Crippen molar-refractivity contribution in [3.63, 3.8) is 0 Å². The molecule has 22 heavy (non-hydrogen) atoms. The van der Waals surface area contributed by atoms with Crippen LogP contribution in [0.2, 0.25) is 0 Å². The van der Waals surface area contributed by atoms with Crippen molar-refractivity contribution in [1.82, 2.24) is 10.1 Å². The zero-order chi connectivity index (χ0) is 15.7. The van der Waals surface area contributed by atoms with Crippen molar-refractivity contribution in [2.75, 3.05) is 6.54 Å². The number of nitrogens with zero attached hydrogens (tertiary/aromatic N) is 2. The number of hydrogen-bond acceptors (Lipinski definition) is 3. The number of hydrogen-bond donors (Lipinski definition) is 0. The van der Waals surface area contributed by atoms with Crippen LogP contribution in [0.25, 0.3) is 0 Å². The van der Waals surface area contributed by atoms with Gasteiger partial charge in [-0.3, -0.25) is 4.90 Å². The van der Waals surface area contributed by atoms with Crippen LogP contribution in [-0.2, 0) is 6.54 Å². The average Bonchev–Trinajstić information content (AvgIpc) is 3.10. The molecule has 1 aromatic carbocycles. The van der Waals surface area contributed by atoms with Crippen molar-refractivity contribution in [3.05, 3.63) is 52.9 Å². The Balaban J connectivity index is 1.77. The van der Waals surface area contributed by atoms with Crippen LogP contribution in [0.3, 0.4) is 0 Å². The minimum Gasteiger partial charge on any atom is -0.359 e. The summed E-state index contributed by atoms with van der Waals surface area (Å²) in [7, 11) is 0. The molecular weight excluding hydrogens is 286 g/mol. The van der Waals surface area contributed by atoms with Gasteiger partial charge in [-0.2, -0.15) is 0 Å². The molecule has 1 saturated heterocycles. The van der Waals surface area contributed by atoms with Gasteiger partial charge in [0.25, 0.3) is 0 Å². The van der Waals surface area contributed by atoms with E-state index in [1.807, 2.05) is 6.07 Å². The Kier molecular flexibility index (Phi) is 4.25. The highest BCUT2D eigenvalue weighted by Crippen LogP contribution is 2.34. The summed E-state index contributed by atoms with van der Waals surface area (Å²) in [4.78, 5) is 2.17. The highest BCUT2D eigenvalue weighted by molar-refractivity contribution is 5.20. The standard InChI is InChI=1S/C17H20F2N2O/c1-11(2)15-9-17(22-20-15)16-4-3-7-21(16)10-12-5-6-13(18)8-14(12)19/h5-6,8-9,11,16H,3-4,7,10H2,1-2H3. The smallest absolute Gasteiger partial charge is 0.154 e. The zero-order valence-corrected chi connectivity index (χ0v) is 12.9. The van der Waals surface area contributed by atoms with Crippen LogP contribution in [0.15, 0.2) is 28.8 Å². The molecule has 0 saturated carbocycles. The topological polar surface area (TPSA) is 29.3 Å². The summed E-state index contributed by atoms with van der Waals surface area (Å²) in [6.45, 7) is 5.47. The number of likely N-dealkylation sites (tertiary alicyclic amines) is 1. The lowest BCUT2D eigenvalue weighted by Gasteiger charge is -2.22. The number of rotatable bonds is 4. The van der Waals surface area contributed by atoms with E-state index in [1.165, 1.54) is 12.1 Å². The Labute approximate surface area is 128 Å². The van der Waals surface area contributed by atoms with E-state index in [2.05, 4.69) is 23.9 Å². The van der Waals surface area contributed by atoms with Gasteiger partial charge in [0.05, 0.1) is 11.7 Å². The van der Waals surface area contributed by atoms with Crippen LogP contribution in [0.4, 0.5) is 8.78 Å². The fraction of sp³-hybridized carbons (Fsp3) is 0.471. The lowest BCUT2D eigenvalue weighted by molar-refractivity contribution is 0.204. The summed E-state index contributed by atoms with van der Waals surface area (Å²) in [5.74, 6) is 0.118. The SMILES string of the molecule is CC(C)c1cc(C2CCCN2Cc2ccc(F)cc2F)on1. The second-order valence-electron chi connectivity index (χ2n) is 6.17. The fourth-order valence-corrected chi connectivity index (χ4v) is 2.94. The van der Waals surface area contributed by atoms with Gasteiger partial charge in [-0.05, 0) is 31.4 Å². The Morgan fingerprint density at radius 1 is 1.32 bits per heavy atom. The Morgan fingerprint density at radius 3 is 2.82 bits per heavy atom. The molecule has 0 bridgehead atoms. The third-order valence-corrected chi connectivity index (χ3v) is 4.22. The monoisotopic (exact) mass is 306 g/mol. The lowest BCUT2D eigenvalue weighted by Crippen LogP contribution is -2.23. The van der Waals surface area contributed by atoms with Crippen LogP contribution in [-0.4, -0.2) is 16.6 Å². The Bertz CT molecular complexity index is 654. The molecule has 118 valence electrons. The van der Waals surface area contributed by atoms with E-state index in [-0.39, 0.29) is 6.04 Å². The highest BCUT2D eigenvalue weighted by Gasteiger charge is 2.30. The molecule has 1 aliphatic heterocycles. The molecule has 0 aliphatic carbocycles. The van der Waals surface area contributed by atoms with Gasteiger partial charge < -0.3 is 4.52 Å². The van der Waals surface area contributed by atoms with E-state index >= 15 is 0 Å². The molecule has 0 radical (unpaired) electrons. The summed E-state index contributed by atoms with van der Waals surface area (Å²) >= 11 is 0. The summed E-state index contributed by atoms with van der Waals surface area (Å²) in [6.07, 6.45) is 2.00. The molecule has 5 heteroatoms. The summed E-state index contributed by atoms with van der Waals surface area (Å²) in [5, 5.41) is 4.11. The molecule has 1 aromatic heterocycles. The van der Waals surface area contributed by atoms with Gasteiger partial charge in [-0.15, -0.1) is 0 Å². The Hall–Kier alpha value is -1.75. The molecule has 3 nitrogen and oxygen atoms in total. The molecule has 1 unspecified atom stereocenters. The minimum atomic E-state index is -0.545. The van der Waals surface area contributed by atoms with Gasteiger partial charge in [0.2, 0.25) is 0 Å². The number of aromatic nitrogens is 1. The Morgan fingerprint density at radius 2 is 2.14 bits per heavy atom. The minimum absolute atomic E-state index is 0.115. The van der Waals surface area contributed by atoms with E-state index in [9.17, 15) is 8.78 Å². The molecule has 3 rings (SSSR count). The second-order valence-corrected chi connectivity index (χ2v) is 6.17. The number of benzene rings is 1. The zero-order valence-electron chi connectivity index (χ0n) is 12.9. The van der Waals surface area contributed by atoms with Gasteiger partial charge in [0, 0.05) is 24.2 Å². The molecule has 1 fully saturated rings. The predicted molar refractivity (Wildman–Crippen MR) is 79.3 cm³/mol. The van der Waals surface area contributed by atoms with E-state index in [1.54, 1.807) is 0 Å². The molecule has 0 spiro atoms. The van der Waals surface area contributed by atoms with Gasteiger partial charge in [0.1, 0.15) is 11.6 Å². The predicted octanol–water partition coefficient (Wildman–Crippen LogP) is 4.41. The van der Waals surface area contributed by atoms with Crippen LogP contribution >= 0.6 is 0 Å². The third kappa shape index (κ3) is 3.04. The van der Waals surface area contributed by atoms with E-state index in [4.69, 9.17) is 4.52 Å². The van der Waals surface area contributed by atoms with Gasteiger partial charge >= 0.3 is 0 Å².